The number of carbonyl (C=O) groups is 1. The van der Waals surface area contributed by atoms with Crippen molar-refractivity contribution in [3.63, 3.8) is 0 Å². The van der Waals surface area contributed by atoms with Crippen LogP contribution in [0.15, 0.2) is 53.1 Å². The molecule has 0 spiro atoms. The van der Waals surface area contributed by atoms with Crippen LogP contribution in [-0.2, 0) is 0 Å². The van der Waals surface area contributed by atoms with Gasteiger partial charge in [-0.3, -0.25) is 9.89 Å². The number of aromatic amines is 1. The van der Waals surface area contributed by atoms with Crippen LogP contribution >= 0.6 is 27.3 Å². The summed E-state index contributed by atoms with van der Waals surface area (Å²) >= 11 is 4.95. The number of rotatable bonds is 3. The molecule has 2 heterocycles. The first-order chi connectivity index (χ1) is 12.1. The third-order valence-electron chi connectivity index (χ3n) is 3.75. The van der Waals surface area contributed by atoms with Gasteiger partial charge in [0.2, 0.25) is 0 Å². The Morgan fingerprint density at radius 3 is 2.72 bits per heavy atom. The predicted molar refractivity (Wildman–Crippen MR) is 104 cm³/mol. The fourth-order valence-corrected chi connectivity index (χ4v) is 3.92. The quantitative estimate of drug-likeness (QED) is 0.496. The molecule has 0 radical (unpaired) electrons. The Morgan fingerprint density at radius 2 is 2.00 bits per heavy atom. The van der Waals surface area contributed by atoms with Crippen molar-refractivity contribution in [2.45, 2.75) is 6.92 Å². The van der Waals surface area contributed by atoms with Gasteiger partial charge in [0.25, 0.3) is 5.91 Å². The summed E-state index contributed by atoms with van der Waals surface area (Å²) in [5, 5.41) is 10.3. The van der Waals surface area contributed by atoms with E-state index in [2.05, 4.69) is 55.5 Å². The van der Waals surface area contributed by atoms with Crippen LogP contribution in [0.4, 0.5) is 5.69 Å². The number of anilines is 1. The number of nitrogens with zero attached hydrogens (tertiary/aromatic N) is 2. The number of hydrogen-bond donors (Lipinski definition) is 2. The maximum absolute atomic E-state index is 12.2. The lowest BCUT2D eigenvalue weighted by Gasteiger charge is -2.04. The number of H-pyrrole nitrogens is 1. The van der Waals surface area contributed by atoms with Crippen molar-refractivity contribution in [3.05, 3.63) is 64.4 Å². The zero-order valence-electron chi connectivity index (χ0n) is 13.2. The minimum Gasteiger partial charge on any atom is -0.321 e. The van der Waals surface area contributed by atoms with Crippen LogP contribution in [0.3, 0.4) is 0 Å². The van der Waals surface area contributed by atoms with Gasteiger partial charge in [0, 0.05) is 11.3 Å². The van der Waals surface area contributed by atoms with Crippen LogP contribution in [0.5, 0.6) is 0 Å². The average molecular weight is 413 g/mol. The van der Waals surface area contributed by atoms with E-state index >= 15 is 0 Å². The first kappa shape index (κ1) is 16.0. The van der Waals surface area contributed by atoms with Crippen LogP contribution in [-0.4, -0.2) is 21.1 Å². The summed E-state index contributed by atoms with van der Waals surface area (Å²) in [6, 6.07) is 13.9. The van der Waals surface area contributed by atoms with Crippen LogP contribution in [0, 0.1) is 6.92 Å². The van der Waals surface area contributed by atoms with Gasteiger partial charge in [-0.15, -0.1) is 11.3 Å². The number of aryl methyl sites for hydroxylation is 1. The van der Waals surface area contributed by atoms with Crippen LogP contribution < -0.4 is 5.32 Å². The Bertz CT molecular complexity index is 1070. The van der Waals surface area contributed by atoms with E-state index in [4.69, 9.17) is 0 Å². The van der Waals surface area contributed by atoms with Crippen molar-refractivity contribution in [1.82, 2.24) is 15.2 Å². The molecule has 1 amide bonds. The summed E-state index contributed by atoms with van der Waals surface area (Å²) in [7, 11) is 0. The van der Waals surface area contributed by atoms with Crippen molar-refractivity contribution in [1.29, 1.82) is 0 Å². The van der Waals surface area contributed by atoms with E-state index < -0.39 is 0 Å². The van der Waals surface area contributed by atoms with Crippen molar-refractivity contribution >= 4 is 49.1 Å². The highest BCUT2D eigenvalue weighted by molar-refractivity contribution is 9.10. The molecule has 124 valence electrons. The summed E-state index contributed by atoms with van der Waals surface area (Å²) in [6.07, 6.45) is 1.55. The molecule has 2 N–H and O–H groups in total. The number of thiazole rings is 1. The topological polar surface area (TPSA) is 70.7 Å². The summed E-state index contributed by atoms with van der Waals surface area (Å²) in [4.78, 5) is 16.9. The largest absolute Gasteiger partial charge is 0.321 e. The fourth-order valence-electron chi connectivity index (χ4n) is 2.48. The summed E-state index contributed by atoms with van der Waals surface area (Å²) < 4.78 is 1.81. The third kappa shape index (κ3) is 3.20. The van der Waals surface area contributed by atoms with Gasteiger partial charge < -0.3 is 5.32 Å². The first-order valence-electron chi connectivity index (χ1n) is 7.58. The van der Waals surface area contributed by atoms with Gasteiger partial charge >= 0.3 is 0 Å². The van der Waals surface area contributed by atoms with Gasteiger partial charge in [-0.25, -0.2) is 4.98 Å². The number of aromatic nitrogens is 3. The van der Waals surface area contributed by atoms with E-state index in [1.165, 1.54) is 10.3 Å². The van der Waals surface area contributed by atoms with Crippen molar-refractivity contribution in [2.75, 3.05) is 5.32 Å². The van der Waals surface area contributed by atoms with Crippen molar-refractivity contribution in [3.8, 4) is 10.6 Å². The Hall–Kier alpha value is -2.51. The molecule has 4 rings (SSSR count). The molecule has 7 heteroatoms. The van der Waals surface area contributed by atoms with Gasteiger partial charge in [-0.1, -0.05) is 6.07 Å². The normalized spacial score (nSPS) is 11.0. The molecular formula is C18H13BrN4OS. The van der Waals surface area contributed by atoms with E-state index in [-0.39, 0.29) is 5.91 Å². The molecular weight excluding hydrogens is 400 g/mol. The molecule has 0 aliphatic heterocycles. The first-order valence-corrected chi connectivity index (χ1v) is 9.19. The van der Waals surface area contributed by atoms with Crippen molar-refractivity contribution in [2.24, 2.45) is 0 Å². The van der Waals surface area contributed by atoms with Gasteiger partial charge in [-0.05, 0) is 64.8 Å². The lowest BCUT2D eigenvalue weighted by atomic mass is 10.2. The standard InChI is InChI=1S/C18H13BrN4OS/c1-10-2-7-14-15(8-10)25-18(22-14)11-3-5-12(6-4-11)21-17(24)16-13(19)9-20-23-16/h2-9H,1H3,(H,20,23)(H,21,24). The van der Waals surface area contributed by atoms with Gasteiger partial charge in [0.15, 0.2) is 0 Å². The molecule has 0 unspecified atom stereocenters. The zero-order valence-corrected chi connectivity index (χ0v) is 15.6. The van der Waals surface area contributed by atoms with Gasteiger partial charge in [0.05, 0.1) is 20.9 Å². The Kier molecular flexibility index (Phi) is 4.10. The summed E-state index contributed by atoms with van der Waals surface area (Å²) in [5.74, 6) is -0.243. The lowest BCUT2D eigenvalue weighted by Crippen LogP contribution is -2.12. The second-order valence-electron chi connectivity index (χ2n) is 5.61. The Morgan fingerprint density at radius 1 is 1.20 bits per heavy atom. The van der Waals surface area contributed by atoms with Gasteiger partial charge in [-0.2, -0.15) is 5.10 Å². The number of carbonyl (C=O) groups excluding carboxylic acids is 1. The predicted octanol–water partition coefficient (Wildman–Crippen LogP) is 5.01. The SMILES string of the molecule is Cc1ccc2nc(-c3ccc(NC(=O)c4[nH]ncc4Br)cc3)sc2c1. The third-order valence-corrected chi connectivity index (χ3v) is 5.42. The maximum atomic E-state index is 12.2. The molecule has 0 aliphatic rings. The number of benzene rings is 2. The lowest BCUT2D eigenvalue weighted by molar-refractivity contribution is 0.102. The molecule has 0 saturated heterocycles. The van der Waals surface area contributed by atoms with Crippen LogP contribution in [0.2, 0.25) is 0 Å². The fraction of sp³-hybridized carbons (Fsp3) is 0.0556. The molecule has 2 aromatic heterocycles. The number of nitrogens with one attached hydrogen (secondary N) is 2. The van der Waals surface area contributed by atoms with Crippen molar-refractivity contribution < 1.29 is 4.79 Å². The second-order valence-corrected chi connectivity index (χ2v) is 7.50. The molecule has 0 saturated carbocycles. The molecule has 4 aromatic rings. The second kappa shape index (κ2) is 6.42. The number of fused-ring (bicyclic) bond motifs is 1. The molecule has 2 aromatic carbocycles. The molecule has 0 atom stereocenters. The van der Waals surface area contributed by atoms with Crippen LogP contribution in [0.1, 0.15) is 16.1 Å². The Balaban J connectivity index is 1.57. The highest BCUT2D eigenvalue weighted by Crippen LogP contribution is 2.31. The van der Waals surface area contributed by atoms with E-state index in [9.17, 15) is 4.79 Å². The average Bonchev–Trinajstić information content (AvgIpc) is 3.21. The van der Waals surface area contributed by atoms with E-state index in [1.54, 1.807) is 17.5 Å². The maximum Gasteiger partial charge on any atom is 0.274 e. The van der Waals surface area contributed by atoms with Crippen LogP contribution in [0.25, 0.3) is 20.8 Å². The Labute approximate surface area is 156 Å². The number of halogens is 1. The smallest absolute Gasteiger partial charge is 0.274 e. The molecule has 5 nitrogen and oxygen atoms in total. The molecule has 25 heavy (non-hydrogen) atoms. The summed E-state index contributed by atoms with van der Waals surface area (Å²) in [5.41, 5.74) is 4.37. The van der Waals surface area contributed by atoms with Gasteiger partial charge in [0.1, 0.15) is 10.7 Å². The molecule has 0 fully saturated rings. The monoisotopic (exact) mass is 412 g/mol. The highest BCUT2D eigenvalue weighted by Gasteiger charge is 2.12. The molecule has 0 bridgehead atoms. The minimum absolute atomic E-state index is 0.243. The number of amides is 1. The zero-order chi connectivity index (χ0) is 17.4. The van der Waals surface area contributed by atoms with E-state index in [1.807, 2.05) is 30.3 Å². The summed E-state index contributed by atoms with van der Waals surface area (Å²) in [6.45, 7) is 2.08. The highest BCUT2D eigenvalue weighted by atomic mass is 79.9. The van der Waals surface area contributed by atoms with E-state index in [0.717, 1.165) is 16.1 Å². The number of hydrogen-bond acceptors (Lipinski definition) is 4. The molecule has 0 aliphatic carbocycles. The minimum atomic E-state index is -0.243. The van der Waals surface area contributed by atoms with E-state index in [0.29, 0.717) is 15.9 Å².